The average Bonchev–Trinajstić information content (AvgIpc) is 2.54. The lowest BCUT2D eigenvalue weighted by atomic mass is 9.95. The molecule has 128 valence electrons. The molecule has 0 aliphatic rings. The van der Waals surface area contributed by atoms with E-state index in [2.05, 4.69) is 0 Å². The van der Waals surface area contributed by atoms with Crippen LogP contribution < -0.4 is 0 Å². The first-order chi connectivity index (χ1) is 10.6. The second kappa shape index (κ2) is 7.35. The summed E-state index contributed by atoms with van der Waals surface area (Å²) in [6.07, 6.45) is -8.66. The summed E-state index contributed by atoms with van der Waals surface area (Å²) in [6, 6.07) is 1.29. The predicted molar refractivity (Wildman–Crippen MR) is 71.9 cm³/mol. The summed E-state index contributed by atoms with van der Waals surface area (Å²) in [4.78, 5) is 23.6. The lowest BCUT2D eigenvalue weighted by Gasteiger charge is -2.24. The number of rotatable bonds is 7. The molecule has 23 heavy (non-hydrogen) atoms. The van der Waals surface area contributed by atoms with Crippen molar-refractivity contribution in [3.63, 3.8) is 0 Å². The summed E-state index contributed by atoms with van der Waals surface area (Å²) in [7, 11) is 0. The van der Waals surface area contributed by atoms with Gasteiger partial charge in [-0.15, -0.1) is 0 Å². The van der Waals surface area contributed by atoms with E-state index in [-0.39, 0.29) is 0 Å². The Morgan fingerprint density at radius 1 is 0.913 bits per heavy atom. The SMILES string of the molecule is O=C(C(=O)C(O)C(O)C(O)C(O)CO)c1cc(O)c(O)c(O)c1. The van der Waals surface area contributed by atoms with Gasteiger partial charge in [0.1, 0.15) is 24.4 Å². The maximum atomic E-state index is 11.9. The van der Waals surface area contributed by atoms with E-state index in [1.807, 2.05) is 0 Å². The molecule has 0 aliphatic carbocycles. The monoisotopic (exact) mass is 332 g/mol. The van der Waals surface area contributed by atoms with E-state index >= 15 is 0 Å². The number of hydrogen-bond acceptors (Lipinski definition) is 10. The van der Waals surface area contributed by atoms with Crippen LogP contribution in [0.1, 0.15) is 10.4 Å². The lowest BCUT2D eigenvalue weighted by Crippen LogP contribution is -2.50. The van der Waals surface area contributed by atoms with Gasteiger partial charge >= 0.3 is 0 Å². The summed E-state index contributed by atoms with van der Waals surface area (Å²) < 4.78 is 0. The van der Waals surface area contributed by atoms with Gasteiger partial charge in [0.15, 0.2) is 17.2 Å². The zero-order valence-corrected chi connectivity index (χ0v) is 11.6. The fraction of sp³-hybridized carbons (Fsp3) is 0.385. The molecule has 10 heteroatoms. The maximum absolute atomic E-state index is 11.9. The van der Waals surface area contributed by atoms with Crippen molar-refractivity contribution in [1.29, 1.82) is 0 Å². The summed E-state index contributed by atoms with van der Waals surface area (Å²) >= 11 is 0. The second-order valence-electron chi connectivity index (χ2n) is 4.73. The van der Waals surface area contributed by atoms with Gasteiger partial charge in [-0.2, -0.15) is 0 Å². The van der Waals surface area contributed by atoms with Crippen LogP contribution in [0.4, 0.5) is 0 Å². The number of benzene rings is 1. The van der Waals surface area contributed by atoms with Crippen molar-refractivity contribution < 1.29 is 50.4 Å². The first-order valence-corrected chi connectivity index (χ1v) is 6.28. The van der Waals surface area contributed by atoms with Gasteiger partial charge in [-0.3, -0.25) is 9.59 Å². The van der Waals surface area contributed by atoms with Crippen molar-refractivity contribution in [3.05, 3.63) is 17.7 Å². The van der Waals surface area contributed by atoms with Crippen LogP contribution in [0.2, 0.25) is 0 Å². The van der Waals surface area contributed by atoms with Crippen molar-refractivity contribution in [2.24, 2.45) is 0 Å². The predicted octanol–water partition coefficient (Wildman–Crippen LogP) is -3.01. The molecule has 0 heterocycles. The number of carbonyl (C=O) groups is 2. The van der Waals surface area contributed by atoms with Gasteiger partial charge in [-0.1, -0.05) is 0 Å². The highest BCUT2D eigenvalue weighted by atomic mass is 16.4. The highest BCUT2D eigenvalue weighted by molar-refractivity contribution is 6.45. The minimum Gasteiger partial charge on any atom is -0.504 e. The quantitative estimate of drug-likeness (QED) is 0.145. The molecule has 0 saturated carbocycles. The summed E-state index contributed by atoms with van der Waals surface area (Å²) in [5.74, 6) is -5.76. The van der Waals surface area contributed by atoms with E-state index in [1.165, 1.54) is 0 Å². The average molecular weight is 332 g/mol. The Bertz CT molecular complexity index is 575. The number of aliphatic hydroxyl groups is 5. The molecule has 10 nitrogen and oxygen atoms in total. The van der Waals surface area contributed by atoms with E-state index in [9.17, 15) is 35.1 Å². The van der Waals surface area contributed by atoms with E-state index in [0.29, 0.717) is 12.1 Å². The van der Waals surface area contributed by atoms with Crippen LogP contribution in [-0.4, -0.2) is 83.4 Å². The van der Waals surface area contributed by atoms with Crippen LogP contribution in [0, 0.1) is 0 Å². The Morgan fingerprint density at radius 2 is 1.39 bits per heavy atom. The molecule has 0 spiro atoms. The summed E-state index contributed by atoms with van der Waals surface area (Å²) in [5.41, 5.74) is -0.591. The molecule has 0 aliphatic heterocycles. The van der Waals surface area contributed by atoms with Gasteiger partial charge < -0.3 is 40.9 Å². The molecule has 0 aromatic heterocycles. The van der Waals surface area contributed by atoms with Crippen molar-refractivity contribution in [3.8, 4) is 17.2 Å². The van der Waals surface area contributed by atoms with Crippen molar-refractivity contribution in [2.75, 3.05) is 6.61 Å². The van der Waals surface area contributed by atoms with Gasteiger partial charge in [0, 0.05) is 5.56 Å². The molecular formula is C13H16O10. The van der Waals surface area contributed by atoms with Crippen LogP contribution in [0.5, 0.6) is 17.2 Å². The molecule has 0 saturated heterocycles. The fourth-order valence-electron chi connectivity index (χ4n) is 1.69. The van der Waals surface area contributed by atoms with Gasteiger partial charge in [0.05, 0.1) is 6.61 Å². The van der Waals surface area contributed by atoms with Gasteiger partial charge in [0.25, 0.3) is 0 Å². The molecule has 0 amide bonds. The van der Waals surface area contributed by atoms with Gasteiger partial charge in [-0.05, 0) is 12.1 Å². The van der Waals surface area contributed by atoms with Crippen molar-refractivity contribution in [2.45, 2.75) is 24.4 Å². The van der Waals surface area contributed by atoms with Crippen molar-refractivity contribution >= 4 is 11.6 Å². The third-order valence-corrected chi connectivity index (χ3v) is 3.08. The maximum Gasteiger partial charge on any atom is 0.234 e. The van der Waals surface area contributed by atoms with E-state index < -0.39 is 65.4 Å². The molecule has 1 aromatic rings. The number of carbonyl (C=O) groups excluding carboxylic acids is 2. The number of aliphatic hydroxyl groups excluding tert-OH is 5. The Labute approximate surface area is 129 Å². The first-order valence-electron chi connectivity index (χ1n) is 6.28. The van der Waals surface area contributed by atoms with Crippen LogP contribution in [-0.2, 0) is 4.79 Å². The topological polar surface area (TPSA) is 196 Å². The van der Waals surface area contributed by atoms with E-state index in [0.717, 1.165) is 0 Å². The molecule has 1 aromatic carbocycles. The zero-order valence-electron chi connectivity index (χ0n) is 11.6. The highest BCUT2D eigenvalue weighted by Crippen LogP contribution is 2.35. The standard InChI is InChI=1S/C13H16O10/c14-3-7(17)10(20)12(22)13(23)11(21)8(18)4-1-5(15)9(19)6(16)2-4/h1-2,7,10,12-17,19-20,22-23H,3H2. The second-order valence-corrected chi connectivity index (χ2v) is 4.73. The molecule has 4 unspecified atom stereocenters. The third-order valence-electron chi connectivity index (χ3n) is 3.08. The number of aromatic hydroxyl groups is 3. The van der Waals surface area contributed by atoms with Crippen molar-refractivity contribution in [1.82, 2.24) is 0 Å². The smallest absolute Gasteiger partial charge is 0.234 e. The molecule has 0 bridgehead atoms. The van der Waals surface area contributed by atoms with Crippen LogP contribution in [0.3, 0.4) is 0 Å². The molecular weight excluding hydrogens is 316 g/mol. The third kappa shape index (κ3) is 3.94. The number of Topliss-reactive ketones (excluding diaryl/α,β-unsaturated/α-hetero) is 2. The number of hydrogen-bond donors (Lipinski definition) is 8. The molecule has 0 radical (unpaired) electrons. The van der Waals surface area contributed by atoms with E-state index in [4.69, 9.17) is 15.3 Å². The largest absolute Gasteiger partial charge is 0.504 e. The highest BCUT2D eigenvalue weighted by Gasteiger charge is 2.37. The van der Waals surface area contributed by atoms with Crippen LogP contribution in [0.15, 0.2) is 12.1 Å². The Kier molecular flexibility index (Phi) is 6.01. The van der Waals surface area contributed by atoms with Gasteiger partial charge in [0.2, 0.25) is 11.6 Å². The minimum atomic E-state index is -2.43. The first kappa shape index (κ1) is 18.8. The molecule has 0 fully saturated rings. The fourth-order valence-corrected chi connectivity index (χ4v) is 1.69. The lowest BCUT2D eigenvalue weighted by molar-refractivity contribution is -0.142. The number of ketones is 2. The molecule has 8 N–H and O–H groups in total. The molecule has 4 atom stereocenters. The summed E-state index contributed by atoms with van der Waals surface area (Å²) in [5, 5.41) is 73.9. The Balaban J connectivity index is 2.98. The molecule has 1 rings (SSSR count). The zero-order chi connectivity index (χ0) is 17.9. The van der Waals surface area contributed by atoms with Crippen LogP contribution in [0.25, 0.3) is 0 Å². The van der Waals surface area contributed by atoms with Gasteiger partial charge in [-0.25, -0.2) is 0 Å². The minimum absolute atomic E-state index is 0.591. The number of phenols is 3. The Hall–Kier alpha value is -2.24. The normalized spacial score (nSPS) is 16.4. The van der Waals surface area contributed by atoms with Crippen LogP contribution >= 0.6 is 0 Å². The van der Waals surface area contributed by atoms with E-state index in [1.54, 1.807) is 0 Å². The number of phenolic OH excluding ortho intramolecular Hbond substituents is 3. The summed E-state index contributed by atoms with van der Waals surface area (Å²) in [6.45, 7) is -0.965. The Morgan fingerprint density at radius 3 is 1.83 bits per heavy atom.